The summed E-state index contributed by atoms with van der Waals surface area (Å²) in [5, 5.41) is 0. The van der Waals surface area contributed by atoms with Crippen LogP contribution in [0.1, 0.15) is 100 Å². The van der Waals surface area contributed by atoms with Gasteiger partial charge >= 0.3 is 0 Å². The highest BCUT2D eigenvalue weighted by molar-refractivity contribution is 5.82. The van der Waals surface area contributed by atoms with Crippen LogP contribution in [0, 0.1) is 17.3 Å². The molecule has 160 valence electrons. The lowest BCUT2D eigenvalue weighted by Gasteiger charge is -2.41. The molecule has 0 spiro atoms. The van der Waals surface area contributed by atoms with Crippen molar-refractivity contribution in [1.29, 1.82) is 0 Å². The zero-order valence-corrected chi connectivity index (χ0v) is 19.2. The molecule has 0 N–H and O–H groups in total. The molecule has 4 nitrogen and oxygen atoms in total. The molecular weight excluding hydrogens is 340 g/mol. The zero-order valence-electron chi connectivity index (χ0n) is 19.2. The van der Waals surface area contributed by atoms with E-state index in [1.807, 2.05) is 20.8 Å². The lowest BCUT2D eigenvalue weighted by Crippen LogP contribution is -2.45. The van der Waals surface area contributed by atoms with Crippen LogP contribution in [0.3, 0.4) is 0 Å². The predicted molar refractivity (Wildman–Crippen MR) is 112 cm³/mol. The number of ether oxygens (including phenoxy) is 2. The van der Waals surface area contributed by atoms with E-state index in [4.69, 9.17) is 9.47 Å². The van der Waals surface area contributed by atoms with Crippen molar-refractivity contribution in [1.82, 2.24) is 0 Å². The van der Waals surface area contributed by atoms with Crippen molar-refractivity contribution in [3.8, 4) is 0 Å². The molecule has 0 rings (SSSR count). The van der Waals surface area contributed by atoms with Crippen LogP contribution in [0.5, 0.6) is 0 Å². The third kappa shape index (κ3) is 11.6. The predicted octanol–water partition coefficient (Wildman–Crippen LogP) is 5.96. The Morgan fingerprint density at radius 3 is 1.78 bits per heavy atom. The third-order valence-electron chi connectivity index (χ3n) is 5.17. The Bertz CT molecular complexity index is 434. The van der Waals surface area contributed by atoms with Crippen molar-refractivity contribution in [3.05, 3.63) is 0 Å². The van der Waals surface area contributed by atoms with Crippen LogP contribution in [-0.4, -0.2) is 30.6 Å². The molecule has 0 aliphatic carbocycles. The molecule has 0 aliphatic rings. The van der Waals surface area contributed by atoms with E-state index in [1.165, 1.54) is 0 Å². The van der Waals surface area contributed by atoms with Crippen LogP contribution in [0.15, 0.2) is 0 Å². The molecule has 1 unspecified atom stereocenters. The highest BCUT2D eigenvalue weighted by Gasteiger charge is 2.39. The minimum atomic E-state index is -0.656. The average Bonchev–Trinajstić information content (AvgIpc) is 2.54. The summed E-state index contributed by atoms with van der Waals surface area (Å²) in [7, 11) is 0. The van der Waals surface area contributed by atoms with E-state index in [9.17, 15) is 9.59 Å². The van der Waals surface area contributed by atoms with Crippen LogP contribution in [-0.2, 0) is 19.1 Å². The van der Waals surface area contributed by atoms with Crippen molar-refractivity contribution >= 4 is 11.6 Å². The first kappa shape index (κ1) is 26.3. The Labute approximate surface area is 167 Å². The summed E-state index contributed by atoms with van der Waals surface area (Å²) in [6.07, 6.45) is 5.03. The Hall–Kier alpha value is -0.740. The summed E-state index contributed by atoms with van der Waals surface area (Å²) in [6, 6.07) is 0. The fourth-order valence-electron chi connectivity index (χ4n) is 2.64. The first-order valence-electron chi connectivity index (χ1n) is 10.7. The summed E-state index contributed by atoms with van der Waals surface area (Å²) < 4.78 is 12.2. The molecule has 0 bridgehead atoms. The Kier molecular flexibility index (Phi) is 12.3. The van der Waals surface area contributed by atoms with E-state index in [0.717, 1.165) is 12.8 Å². The van der Waals surface area contributed by atoms with Gasteiger partial charge in [-0.25, -0.2) is 0 Å². The van der Waals surface area contributed by atoms with Gasteiger partial charge in [-0.1, -0.05) is 48.5 Å². The summed E-state index contributed by atoms with van der Waals surface area (Å²) in [5.74, 6) is 0.532. The van der Waals surface area contributed by atoms with E-state index in [1.54, 1.807) is 0 Å². The molecule has 0 aliphatic heterocycles. The van der Waals surface area contributed by atoms with Gasteiger partial charge in [0, 0.05) is 30.6 Å². The number of ketones is 2. The largest absolute Gasteiger partial charge is 0.350 e. The fourth-order valence-corrected chi connectivity index (χ4v) is 2.64. The second kappa shape index (κ2) is 12.7. The topological polar surface area (TPSA) is 52.6 Å². The number of hydrogen-bond acceptors (Lipinski definition) is 4. The van der Waals surface area contributed by atoms with Gasteiger partial charge in [-0.2, -0.15) is 0 Å². The fraction of sp³-hybridized carbons (Fsp3) is 0.913. The quantitative estimate of drug-likeness (QED) is 0.258. The Morgan fingerprint density at radius 2 is 1.30 bits per heavy atom. The Balaban J connectivity index is 4.18. The van der Waals surface area contributed by atoms with Crippen molar-refractivity contribution in [2.45, 2.75) is 106 Å². The summed E-state index contributed by atoms with van der Waals surface area (Å²) in [4.78, 5) is 23.6. The molecule has 0 fully saturated rings. The van der Waals surface area contributed by atoms with Gasteiger partial charge in [0.2, 0.25) is 0 Å². The second-order valence-corrected chi connectivity index (χ2v) is 9.55. The molecule has 0 saturated heterocycles. The lowest BCUT2D eigenvalue weighted by molar-refractivity contribution is -0.278. The maximum absolute atomic E-state index is 12.0. The monoisotopic (exact) mass is 384 g/mol. The average molecular weight is 385 g/mol. The first-order valence-corrected chi connectivity index (χ1v) is 10.7. The molecule has 0 saturated carbocycles. The smallest absolute Gasteiger partial charge is 0.170 e. The number of carbonyl (C=O) groups excluding carboxylic acids is 2. The van der Waals surface area contributed by atoms with Gasteiger partial charge < -0.3 is 9.47 Å². The third-order valence-corrected chi connectivity index (χ3v) is 5.17. The molecule has 0 amide bonds. The van der Waals surface area contributed by atoms with Crippen LogP contribution in [0.25, 0.3) is 0 Å². The van der Waals surface area contributed by atoms with Gasteiger partial charge in [-0.3, -0.25) is 9.59 Å². The maximum Gasteiger partial charge on any atom is 0.170 e. The lowest BCUT2D eigenvalue weighted by atomic mass is 9.86. The molecule has 0 heterocycles. The highest BCUT2D eigenvalue weighted by atomic mass is 16.7. The van der Waals surface area contributed by atoms with E-state index in [-0.39, 0.29) is 22.9 Å². The summed E-state index contributed by atoms with van der Waals surface area (Å²) in [6.45, 7) is 17.8. The van der Waals surface area contributed by atoms with Gasteiger partial charge in [0.1, 0.15) is 11.6 Å². The van der Waals surface area contributed by atoms with Crippen molar-refractivity contribution in [2.75, 3.05) is 13.2 Å². The number of carbonyl (C=O) groups is 2. The van der Waals surface area contributed by atoms with Gasteiger partial charge in [0.05, 0.1) is 13.2 Å². The van der Waals surface area contributed by atoms with Crippen LogP contribution >= 0.6 is 0 Å². The van der Waals surface area contributed by atoms with Gasteiger partial charge in [-0.15, -0.1) is 0 Å². The van der Waals surface area contributed by atoms with Crippen molar-refractivity contribution < 1.29 is 19.1 Å². The van der Waals surface area contributed by atoms with Crippen molar-refractivity contribution in [3.63, 3.8) is 0 Å². The highest BCUT2D eigenvalue weighted by Crippen LogP contribution is 2.35. The minimum absolute atomic E-state index is 0.0594. The van der Waals surface area contributed by atoms with E-state index in [2.05, 4.69) is 34.6 Å². The normalized spacial score (nSPS) is 14.6. The second-order valence-electron chi connectivity index (χ2n) is 9.55. The molecule has 27 heavy (non-hydrogen) atoms. The van der Waals surface area contributed by atoms with Gasteiger partial charge in [0.25, 0.3) is 0 Å². The molecule has 1 atom stereocenters. The van der Waals surface area contributed by atoms with Crippen LogP contribution < -0.4 is 0 Å². The molecular formula is C23H44O4. The SMILES string of the molecule is CC(C)CCCOC(C)(OCCCC(=O)CCCC(=O)C(C)C)C(C)(C)C. The zero-order chi connectivity index (χ0) is 21.1. The number of hydrogen-bond donors (Lipinski definition) is 0. The molecule has 0 aromatic rings. The molecule has 0 radical (unpaired) electrons. The van der Waals surface area contributed by atoms with E-state index in [0.29, 0.717) is 51.2 Å². The minimum Gasteiger partial charge on any atom is -0.350 e. The van der Waals surface area contributed by atoms with E-state index >= 15 is 0 Å². The number of rotatable bonds is 15. The van der Waals surface area contributed by atoms with Crippen LogP contribution in [0.4, 0.5) is 0 Å². The van der Waals surface area contributed by atoms with Gasteiger partial charge in [0.15, 0.2) is 5.79 Å². The Morgan fingerprint density at radius 1 is 0.778 bits per heavy atom. The summed E-state index contributed by atoms with van der Waals surface area (Å²) >= 11 is 0. The molecule has 4 heteroatoms. The standard InChI is InChI=1S/C23H44O4/c1-18(2)12-10-16-26-23(8,22(5,6)7)27-17-11-14-20(24)13-9-15-21(25)19(3)4/h18-19H,9-17H2,1-8H3. The molecule has 0 aromatic carbocycles. The maximum atomic E-state index is 12.0. The van der Waals surface area contributed by atoms with Gasteiger partial charge in [-0.05, 0) is 38.5 Å². The first-order chi connectivity index (χ1) is 12.4. The van der Waals surface area contributed by atoms with E-state index < -0.39 is 5.79 Å². The summed E-state index contributed by atoms with van der Waals surface area (Å²) in [5.41, 5.74) is -0.147. The van der Waals surface area contributed by atoms with Crippen LogP contribution in [0.2, 0.25) is 0 Å². The van der Waals surface area contributed by atoms with Crippen molar-refractivity contribution in [2.24, 2.45) is 17.3 Å². The number of Topliss-reactive ketones (excluding diaryl/α,β-unsaturated/α-hetero) is 2. The molecule has 0 aromatic heterocycles.